The van der Waals surface area contributed by atoms with Crippen LogP contribution in [0.15, 0.2) is 58.5 Å². The number of rotatable bonds is 6. The van der Waals surface area contributed by atoms with Gasteiger partial charge in [-0.25, -0.2) is 10.2 Å². The lowest BCUT2D eigenvalue weighted by molar-refractivity contribution is -0.120. The molecule has 0 aliphatic heterocycles. The molecule has 0 bridgehead atoms. The lowest BCUT2D eigenvalue weighted by atomic mass is 10.1. The van der Waals surface area contributed by atoms with Gasteiger partial charge in [0.2, 0.25) is 0 Å². The van der Waals surface area contributed by atoms with Crippen molar-refractivity contribution in [1.82, 2.24) is 5.43 Å². The van der Waals surface area contributed by atoms with Crippen LogP contribution in [0.4, 0.5) is 0 Å². The van der Waals surface area contributed by atoms with Crippen LogP contribution in [0, 0.1) is 0 Å². The largest absolute Gasteiger partial charge is 0.465 e. The Balaban J connectivity index is 1.86. The van der Waals surface area contributed by atoms with E-state index in [0.29, 0.717) is 10.6 Å². The minimum absolute atomic E-state index is 0.206. The molecule has 7 heteroatoms. The molecule has 0 aliphatic rings. The van der Waals surface area contributed by atoms with Gasteiger partial charge in [0.15, 0.2) is 0 Å². The molecule has 0 fully saturated rings. The number of hydrogen-bond donors (Lipinski definition) is 1. The molecule has 2 rings (SSSR count). The normalized spacial score (nSPS) is 12.0. The average Bonchev–Trinajstić information content (AvgIpc) is 2.63. The summed E-state index contributed by atoms with van der Waals surface area (Å²) in [5.74, 6) is -0.604. The number of halogens is 1. The molecule has 0 aliphatic carbocycles. The summed E-state index contributed by atoms with van der Waals surface area (Å²) in [6, 6.07) is 14.0. The second-order valence-electron chi connectivity index (χ2n) is 5.06. The topological polar surface area (TPSA) is 67.8 Å². The maximum Gasteiger partial charge on any atom is 0.337 e. The summed E-state index contributed by atoms with van der Waals surface area (Å²) < 4.78 is 4.63. The zero-order valence-corrected chi connectivity index (χ0v) is 15.3. The van der Waals surface area contributed by atoms with Crippen molar-refractivity contribution in [3.05, 3.63) is 64.7 Å². The first-order valence-corrected chi connectivity index (χ1v) is 8.69. The standard InChI is InChI=1S/C18H17ClN2O3S/c1-12(25-16-9-7-15(19)8-10-16)17(22)21-20-11-13-3-5-14(6-4-13)18(23)24-2/h3-12H,1-2H3,(H,21,22)/b20-11-/t12-/m0/s1. The SMILES string of the molecule is COC(=O)c1ccc(/C=N\NC(=O)[C@H](C)Sc2ccc(Cl)cc2)cc1. The number of methoxy groups -OCH3 is 1. The number of esters is 1. The van der Waals surface area contributed by atoms with Crippen molar-refractivity contribution in [2.24, 2.45) is 5.10 Å². The molecule has 1 atom stereocenters. The highest BCUT2D eigenvalue weighted by molar-refractivity contribution is 8.00. The fraction of sp³-hybridized carbons (Fsp3) is 0.167. The number of thioether (sulfide) groups is 1. The molecule has 1 amide bonds. The summed E-state index contributed by atoms with van der Waals surface area (Å²) in [6.45, 7) is 1.80. The van der Waals surface area contributed by atoms with Crippen molar-refractivity contribution >= 4 is 41.5 Å². The minimum atomic E-state index is -0.398. The molecule has 0 aromatic heterocycles. The Morgan fingerprint density at radius 3 is 2.40 bits per heavy atom. The fourth-order valence-electron chi connectivity index (χ4n) is 1.86. The molecule has 25 heavy (non-hydrogen) atoms. The second kappa shape index (κ2) is 9.25. The highest BCUT2D eigenvalue weighted by atomic mass is 35.5. The molecular weight excluding hydrogens is 360 g/mol. The molecule has 0 saturated heterocycles. The monoisotopic (exact) mass is 376 g/mol. The Kier molecular flexibility index (Phi) is 7.03. The number of ether oxygens (including phenoxy) is 1. The molecule has 2 aromatic carbocycles. The molecule has 0 spiro atoms. The van der Waals surface area contributed by atoms with Crippen LogP contribution in [0.2, 0.25) is 5.02 Å². The predicted octanol–water partition coefficient (Wildman–Crippen LogP) is 3.76. The molecule has 2 aromatic rings. The smallest absolute Gasteiger partial charge is 0.337 e. The van der Waals surface area contributed by atoms with Crippen molar-refractivity contribution in [3.63, 3.8) is 0 Å². The molecule has 0 saturated carbocycles. The molecule has 0 heterocycles. The van der Waals surface area contributed by atoms with Gasteiger partial charge in [0.25, 0.3) is 5.91 Å². The maximum atomic E-state index is 12.1. The van der Waals surface area contributed by atoms with Crippen LogP contribution < -0.4 is 5.43 Å². The summed E-state index contributed by atoms with van der Waals surface area (Å²) in [7, 11) is 1.33. The lowest BCUT2D eigenvalue weighted by Gasteiger charge is -2.09. The molecule has 5 nitrogen and oxygen atoms in total. The number of hydrazone groups is 1. The average molecular weight is 377 g/mol. The first-order valence-electron chi connectivity index (χ1n) is 7.43. The van der Waals surface area contributed by atoms with Crippen molar-refractivity contribution in [1.29, 1.82) is 0 Å². The van der Waals surface area contributed by atoms with Gasteiger partial charge in [0.1, 0.15) is 0 Å². The van der Waals surface area contributed by atoms with Crippen LogP contribution in [0.5, 0.6) is 0 Å². The van der Waals surface area contributed by atoms with Crippen LogP contribution >= 0.6 is 23.4 Å². The van der Waals surface area contributed by atoms with E-state index in [1.165, 1.54) is 25.1 Å². The van der Waals surface area contributed by atoms with E-state index in [1.807, 2.05) is 12.1 Å². The summed E-state index contributed by atoms with van der Waals surface area (Å²) in [5.41, 5.74) is 3.71. The third-order valence-corrected chi connectivity index (χ3v) is 4.58. The Morgan fingerprint density at radius 1 is 1.16 bits per heavy atom. The van der Waals surface area contributed by atoms with E-state index in [4.69, 9.17) is 11.6 Å². The number of carbonyl (C=O) groups excluding carboxylic acids is 2. The van der Waals surface area contributed by atoms with Crippen molar-refractivity contribution in [3.8, 4) is 0 Å². The van der Waals surface area contributed by atoms with E-state index in [9.17, 15) is 9.59 Å². The van der Waals surface area contributed by atoms with E-state index < -0.39 is 5.97 Å². The van der Waals surface area contributed by atoms with Crippen molar-refractivity contribution in [2.45, 2.75) is 17.1 Å². The van der Waals surface area contributed by atoms with Crippen LogP contribution in [0.25, 0.3) is 0 Å². The zero-order chi connectivity index (χ0) is 18.2. The first-order chi connectivity index (χ1) is 12.0. The van der Waals surface area contributed by atoms with Gasteiger partial charge in [-0.15, -0.1) is 11.8 Å². The van der Waals surface area contributed by atoms with Gasteiger partial charge < -0.3 is 4.74 Å². The molecule has 130 valence electrons. The van der Waals surface area contributed by atoms with E-state index in [1.54, 1.807) is 43.3 Å². The summed E-state index contributed by atoms with van der Waals surface area (Å²) >= 11 is 7.26. The number of hydrogen-bond acceptors (Lipinski definition) is 5. The minimum Gasteiger partial charge on any atom is -0.465 e. The van der Waals surface area contributed by atoms with Gasteiger partial charge in [-0.3, -0.25) is 4.79 Å². The van der Waals surface area contributed by atoms with Crippen molar-refractivity contribution < 1.29 is 14.3 Å². The third-order valence-electron chi connectivity index (χ3n) is 3.22. The van der Waals surface area contributed by atoms with Crippen molar-refractivity contribution in [2.75, 3.05) is 7.11 Å². The first kappa shape index (κ1) is 19.0. The van der Waals surface area contributed by atoms with Crippen LogP contribution in [0.3, 0.4) is 0 Å². The highest BCUT2D eigenvalue weighted by Crippen LogP contribution is 2.24. The van der Waals surface area contributed by atoms with Crippen LogP contribution in [0.1, 0.15) is 22.8 Å². The Hall–Kier alpha value is -2.31. The second-order valence-corrected chi connectivity index (χ2v) is 6.91. The number of nitrogens with zero attached hydrogens (tertiary/aromatic N) is 1. The van der Waals surface area contributed by atoms with E-state index in [2.05, 4.69) is 15.3 Å². The van der Waals surface area contributed by atoms with Gasteiger partial charge in [-0.2, -0.15) is 5.10 Å². The van der Waals surface area contributed by atoms with Gasteiger partial charge in [0, 0.05) is 9.92 Å². The number of benzene rings is 2. The lowest BCUT2D eigenvalue weighted by Crippen LogP contribution is -2.26. The summed E-state index contributed by atoms with van der Waals surface area (Å²) in [4.78, 5) is 24.4. The quantitative estimate of drug-likeness (QED) is 0.361. The number of carbonyl (C=O) groups is 2. The summed E-state index contributed by atoms with van der Waals surface area (Å²) in [6.07, 6.45) is 1.51. The predicted molar refractivity (Wildman–Crippen MR) is 100 cm³/mol. The van der Waals surface area contributed by atoms with Gasteiger partial charge in [-0.05, 0) is 48.9 Å². The van der Waals surface area contributed by atoms with E-state index >= 15 is 0 Å². The Labute approximate surface area is 155 Å². The van der Waals surface area contributed by atoms with Crippen LogP contribution in [-0.2, 0) is 9.53 Å². The van der Waals surface area contributed by atoms with E-state index in [-0.39, 0.29) is 11.2 Å². The highest BCUT2D eigenvalue weighted by Gasteiger charge is 2.13. The fourth-order valence-corrected chi connectivity index (χ4v) is 2.84. The molecule has 0 radical (unpaired) electrons. The Bertz CT molecular complexity index is 761. The summed E-state index contributed by atoms with van der Waals surface area (Å²) in [5, 5.41) is 4.29. The number of nitrogens with one attached hydrogen (secondary N) is 1. The molecular formula is C18H17ClN2O3S. The van der Waals surface area contributed by atoms with Gasteiger partial charge in [0.05, 0.1) is 24.1 Å². The maximum absolute atomic E-state index is 12.1. The van der Waals surface area contributed by atoms with Gasteiger partial charge >= 0.3 is 5.97 Å². The third kappa shape index (κ3) is 5.92. The number of amides is 1. The Morgan fingerprint density at radius 2 is 1.80 bits per heavy atom. The van der Waals surface area contributed by atoms with Gasteiger partial charge in [-0.1, -0.05) is 23.7 Å². The zero-order valence-electron chi connectivity index (χ0n) is 13.7. The molecule has 1 N–H and O–H groups in total. The van der Waals surface area contributed by atoms with Crippen LogP contribution in [-0.4, -0.2) is 30.5 Å². The van der Waals surface area contributed by atoms with E-state index in [0.717, 1.165) is 10.5 Å². The molecule has 0 unspecified atom stereocenters.